The fourth-order valence-corrected chi connectivity index (χ4v) is 2.44. The monoisotopic (exact) mass is 272 g/mol. The van der Waals surface area contributed by atoms with E-state index in [0.717, 1.165) is 17.7 Å². The first-order valence-electron chi connectivity index (χ1n) is 6.85. The van der Waals surface area contributed by atoms with E-state index < -0.39 is 0 Å². The zero-order chi connectivity index (χ0) is 14.5. The van der Waals surface area contributed by atoms with Gasteiger partial charge in [0.1, 0.15) is 5.82 Å². The second-order valence-corrected chi connectivity index (χ2v) is 5.16. The van der Waals surface area contributed by atoms with Crippen molar-refractivity contribution in [1.29, 1.82) is 0 Å². The molecule has 0 radical (unpaired) electrons. The van der Waals surface area contributed by atoms with Crippen LogP contribution in [0.15, 0.2) is 42.5 Å². The predicted molar refractivity (Wildman–Crippen MR) is 82.4 cm³/mol. The number of benzene rings is 2. The summed E-state index contributed by atoms with van der Waals surface area (Å²) in [5, 5.41) is 0. The lowest BCUT2D eigenvalue weighted by molar-refractivity contribution is 0.625. The molecule has 0 atom stereocenters. The SMILES string of the molecule is Cc1ccc(N(C)Cc2cccc(F)c2)c(CCN)c1. The second kappa shape index (κ2) is 6.53. The Bertz CT molecular complexity index is 581. The molecule has 0 aliphatic heterocycles. The Morgan fingerprint density at radius 2 is 1.95 bits per heavy atom. The van der Waals surface area contributed by atoms with Gasteiger partial charge < -0.3 is 10.6 Å². The molecule has 0 unspecified atom stereocenters. The Hall–Kier alpha value is -1.87. The summed E-state index contributed by atoms with van der Waals surface area (Å²) in [6.45, 7) is 3.39. The largest absolute Gasteiger partial charge is 0.370 e. The standard InChI is InChI=1S/C17H21FN2/c1-13-6-7-17(15(10-13)8-9-19)20(2)12-14-4-3-5-16(18)11-14/h3-7,10-11H,8-9,12,19H2,1-2H3. The molecule has 2 N–H and O–H groups in total. The molecule has 0 aromatic heterocycles. The van der Waals surface area contributed by atoms with Crippen LogP contribution in [0.3, 0.4) is 0 Å². The first kappa shape index (κ1) is 14.5. The first-order valence-corrected chi connectivity index (χ1v) is 6.85. The fraction of sp³-hybridized carbons (Fsp3) is 0.294. The number of hydrogen-bond donors (Lipinski definition) is 1. The second-order valence-electron chi connectivity index (χ2n) is 5.16. The molecule has 2 rings (SSSR count). The van der Waals surface area contributed by atoms with Gasteiger partial charge in [-0.05, 0) is 49.2 Å². The van der Waals surface area contributed by atoms with E-state index in [1.807, 2.05) is 13.1 Å². The molecule has 20 heavy (non-hydrogen) atoms. The van der Waals surface area contributed by atoms with Gasteiger partial charge >= 0.3 is 0 Å². The van der Waals surface area contributed by atoms with Gasteiger partial charge in [-0.1, -0.05) is 29.8 Å². The van der Waals surface area contributed by atoms with Crippen molar-refractivity contribution in [2.45, 2.75) is 19.9 Å². The van der Waals surface area contributed by atoms with E-state index >= 15 is 0 Å². The zero-order valence-electron chi connectivity index (χ0n) is 12.1. The molecule has 2 nitrogen and oxygen atoms in total. The van der Waals surface area contributed by atoms with Crippen LogP contribution in [-0.4, -0.2) is 13.6 Å². The van der Waals surface area contributed by atoms with Crippen LogP contribution in [-0.2, 0) is 13.0 Å². The summed E-state index contributed by atoms with van der Waals surface area (Å²) < 4.78 is 13.2. The molecule has 0 aliphatic rings. The van der Waals surface area contributed by atoms with Crippen molar-refractivity contribution in [1.82, 2.24) is 0 Å². The molecule has 0 aliphatic carbocycles. The van der Waals surface area contributed by atoms with Gasteiger partial charge in [0.2, 0.25) is 0 Å². The highest BCUT2D eigenvalue weighted by Gasteiger charge is 2.08. The summed E-state index contributed by atoms with van der Waals surface area (Å²) in [5.41, 5.74) is 10.3. The number of anilines is 1. The predicted octanol–water partition coefficient (Wildman–Crippen LogP) is 3.27. The highest BCUT2D eigenvalue weighted by molar-refractivity contribution is 5.55. The van der Waals surface area contributed by atoms with Gasteiger partial charge in [-0.3, -0.25) is 0 Å². The van der Waals surface area contributed by atoms with Crippen molar-refractivity contribution in [3.05, 3.63) is 65.0 Å². The number of aryl methyl sites for hydroxylation is 1. The Morgan fingerprint density at radius 1 is 1.15 bits per heavy atom. The van der Waals surface area contributed by atoms with Gasteiger partial charge in [-0.15, -0.1) is 0 Å². The zero-order valence-corrected chi connectivity index (χ0v) is 12.1. The van der Waals surface area contributed by atoms with Crippen LogP contribution in [0.25, 0.3) is 0 Å². The molecule has 3 heteroatoms. The molecule has 0 saturated carbocycles. The highest BCUT2D eigenvalue weighted by atomic mass is 19.1. The maximum atomic E-state index is 13.2. The third-order valence-corrected chi connectivity index (χ3v) is 3.37. The lowest BCUT2D eigenvalue weighted by Gasteiger charge is -2.23. The summed E-state index contributed by atoms with van der Waals surface area (Å²) in [6, 6.07) is 13.1. The summed E-state index contributed by atoms with van der Waals surface area (Å²) in [7, 11) is 2.02. The van der Waals surface area contributed by atoms with Crippen LogP contribution in [0.1, 0.15) is 16.7 Å². The summed E-state index contributed by atoms with van der Waals surface area (Å²) in [5.74, 6) is -0.193. The van der Waals surface area contributed by atoms with Gasteiger partial charge in [0.15, 0.2) is 0 Å². The minimum Gasteiger partial charge on any atom is -0.370 e. The molecule has 0 fully saturated rings. The van der Waals surface area contributed by atoms with Crippen LogP contribution < -0.4 is 10.6 Å². The summed E-state index contributed by atoms with van der Waals surface area (Å²) >= 11 is 0. The number of halogens is 1. The normalized spacial score (nSPS) is 10.6. The minimum atomic E-state index is -0.193. The van der Waals surface area contributed by atoms with Crippen molar-refractivity contribution < 1.29 is 4.39 Å². The van der Waals surface area contributed by atoms with Gasteiger partial charge in [0.25, 0.3) is 0 Å². The van der Waals surface area contributed by atoms with E-state index in [9.17, 15) is 4.39 Å². The Morgan fingerprint density at radius 3 is 2.65 bits per heavy atom. The molecule has 2 aromatic carbocycles. The number of nitrogens with zero attached hydrogens (tertiary/aromatic N) is 1. The third-order valence-electron chi connectivity index (χ3n) is 3.37. The summed E-state index contributed by atoms with van der Waals surface area (Å²) in [6.07, 6.45) is 0.852. The van der Waals surface area contributed by atoms with Crippen LogP contribution >= 0.6 is 0 Å². The van der Waals surface area contributed by atoms with Crippen molar-refractivity contribution >= 4 is 5.69 Å². The molecule has 2 aromatic rings. The molecule has 0 heterocycles. The molecule has 0 saturated heterocycles. The number of rotatable bonds is 5. The molecular formula is C17H21FN2. The molecule has 106 valence electrons. The molecule has 0 amide bonds. The van der Waals surface area contributed by atoms with Crippen LogP contribution in [0.5, 0.6) is 0 Å². The van der Waals surface area contributed by atoms with E-state index in [4.69, 9.17) is 5.73 Å². The van der Waals surface area contributed by atoms with Gasteiger partial charge in [0.05, 0.1) is 0 Å². The van der Waals surface area contributed by atoms with E-state index in [0.29, 0.717) is 13.1 Å². The van der Waals surface area contributed by atoms with Gasteiger partial charge in [0, 0.05) is 19.3 Å². The average molecular weight is 272 g/mol. The van der Waals surface area contributed by atoms with Crippen LogP contribution in [0, 0.1) is 12.7 Å². The molecular weight excluding hydrogens is 251 g/mol. The van der Waals surface area contributed by atoms with E-state index in [2.05, 4.69) is 30.0 Å². The van der Waals surface area contributed by atoms with Crippen molar-refractivity contribution in [3.8, 4) is 0 Å². The number of hydrogen-bond acceptors (Lipinski definition) is 2. The lowest BCUT2D eigenvalue weighted by atomic mass is 10.0. The van der Waals surface area contributed by atoms with E-state index in [1.165, 1.54) is 17.2 Å². The van der Waals surface area contributed by atoms with E-state index in [-0.39, 0.29) is 5.82 Å². The van der Waals surface area contributed by atoms with Gasteiger partial charge in [-0.25, -0.2) is 4.39 Å². The molecule has 0 spiro atoms. The Kier molecular flexibility index (Phi) is 4.74. The first-order chi connectivity index (χ1) is 9.60. The highest BCUT2D eigenvalue weighted by Crippen LogP contribution is 2.23. The van der Waals surface area contributed by atoms with Crippen molar-refractivity contribution in [2.75, 3.05) is 18.5 Å². The Labute approximate surface area is 120 Å². The summed E-state index contributed by atoms with van der Waals surface area (Å²) in [4.78, 5) is 2.14. The topological polar surface area (TPSA) is 29.3 Å². The van der Waals surface area contributed by atoms with E-state index in [1.54, 1.807) is 12.1 Å². The van der Waals surface area contributed by atoms with Gasteiger partial charge in [-0.2, -0.15) is 0 Å². The average Bonchev–Trinajstić information content (AvgIpc) is 2.39. The maximum Gasteiger partial charge on any atom is 0.123 e. The smallest absolute Gasteiger partial charge is 0.123 e. The minimum absolute atomic E-state index is 0.193. The maximum absolute atomic E-state index is 13.2. The van der Waals surface area contributed by atoms with Crippen LogP contribution in [0.2, 0.25) is 0 Å². The Balaban J connectivity index is 2.22. The fourth-order valence-electron chi connectivity index (χ4n) is 2.44. The molecule has 0 bridgehead atoms. The lowest BCUT2D eigenvalue weighted by Crippen LogP contribution is -2.19. The van der Waals surface area contributed by atoms with Crippen molar-refractivity contribution in [3.63, 3.8) is 0 Å². The van der Waals surface area contributed by atoms with Crippen LogP contribution in [0.4, 0.5) is 10.1 Å². The third kappa shape index (κ3) is 3.58. The quantitative estimate of drug-likeness (QED) is 0.905. The van der Waals surface area contributed by atoms with Crippen molar-refractivity contribution in [2.24, 2.45) is 5.73 Å². The number of nitrogens with two attached hydrogens (primary N) is 1.